The van der Waals surface area contributed by atoms with Gasteiger partial charge in [0, 0.05) is 6.54 Å². The van der Waals surface area contributed by atoms with Crippen LogP contribution in [0.1, 0.15) is 44.4 Å². The van der Waals surface area contributed by atoms with Crippen LogP contribution in [0.4, 0.5) is 0 Å². The molecule has 0 aliphatic carbocycles. The molecule has 36 heavy (non-hydrogen) atoms. The summed E-state index contributed by atoms with van der Waals surface area (Å²) in [5, 5.41) is 10.6. The highest BCUT2D eigenvalue weighted by atomic mass is 16.5. The quantitative estimate of drug-likeness (QED) is 0.417. The Balaban J connectivity index is 1.61. The van der Waals surface area contributed by atoms with Gasteiger partial charge in [0.25, 0.3) is 5.91 Å². The topological polar surface area (TPSA) is 89.2 Å². The van der Waals surface area contributed by atoms with Crippen LogP contribution in [-0.4, -0.2) is 36.7 Å². The maximum atomic E-state index is 13.7. The number of benzene rings is 3. The summed E-state index contributed by atoms with van der Waals surface area (Å²) in [7, 11) is 3.15. The number of hydrogen-bond donors (Lipinski definition) is 1. The molecular weight excluding hydrogens is 458 g/mol. The van der Waals surface area contributed by atoms with Crippen LogP contribution in [0.2, 0.25) is 0 Å². The Morgan fingerprint density at radius 3 is 2.42 bits per heavy atom. The van der Waals surface area contributed by atoms with Crippen molar-refractivity contribution in [3.05, 3.63) is 98.4 Å². The maximum Gasteiger partial charge on any atom is 0.290 e. The van der Waals surface area contributed by atoms with E-state index in [-0.39, 0.29) is 22.8 Å². The molecule has 0 spiro atoms. The van der Waals surface area contributed by atoms with E-state index in [0.29, 0.717) is 46.6 Å². The Bertz CT molecular complexity index is 1550. The molecule has 5 rings (SSSR count). The Morgan fingerprint density at radius 1 is 0.944 bits per heavy atom. The van der Waals surface area contributed by atoms with Gasteiger partial charge in [-0.1, -0.05) is 18.2 Å². The number of nitrogens with zero attached hydrogens (tertiary/aromatic N) is 1. The SMILES string of the molecule is COc1ccc(CCN2C(=O)c3oc4cc(C)c(C)cc4c(=O)c3[C@H]2c2cccc(O)c2)cc1OC. The van der Waals surface area contributed by atoms with Gasteiger partial charge in [0.15, 0.2) is 16.9 Å². The first-order chi connectivity index (χ1) is 17.3. The Labute approximate surface area is 208 Å². The minimum atomic E-state index is -0.679. The third kappa shape index (κ3) is 3.86. The Kier molecular flexibility index (Phi) is 5.92. The van der Waals surface area contributed by atoms with Crippen molar-refractivity contribution in [3.8, 4) is 17.2 Å². The third-order valence-corrected chi connectivity index (χ3v) is 6.86. The first-order valence-corrected chi connectivity index (χ1v) is 11.7. The second-order valence-electron chi connectivity index (χ2n) is 9.04. The number of ether oxygens (including phenoxy) is 2. The molecule has 0 bridgehead atoms. The van der Waals surface area contributed by atoms with Crippen LogP contribution in [0.5, 0.6) is 17.2 Å². The smallest absolute Gasteiger partial charge is 0.290 e. The lowest BCUT2D eigenvalue weighted by molar-refractivity contribution is 0.0730. The van der Waals surface area contributed by atoms with Crippen LogP contribution in [0.25, 0.3) is 11.0 Å². The second-order valence-corrected chi connectivity index (χ2v) is 9.04. The molecule has 1 amide bonds. The molecule has 0 saturated carbocycles. The average Bonchev–Trinajstić information content (AvgIpc) is 3.15. The highest BCUT2D eigenvalue weighted by Gasteiger charge is 2.42. The number of fused-ring (bicyclic) bond motifs is 2. The molecular formula is C29H27NO6. The number of carbonyl (C=O) groups excluding carboxylic acids is 1. The van der Waals surface area contributed by atoms with E-state index in [9.17, 15) is 14.7 Å². The number of amides is 1. The van der Waals surface area contributed by atoms with Gasteiger partial charge in [0.1, 0.15) is 11.3 Å². The lowest BCUT2D eigenvalue weighted by Gasteiger charge is -2.25. The number of phenolic OH excluding ortho intramolecular Hbond substituents is 1. The molecule has 3 aromatic carbocycles. The number of phenols is 1. The standard InChI is InChI=1S/C29H27NO6/c1-16-12-21-23(13-17(16)2)36-28-25(27(21)32)26(19-6-5-7-20(31)15-19)30(29(28)33)11-10-18-8-9-22(34-3)24(14-18)35-4/h5-9,12-15,26,31H,10-11H2,1-4H3/t26-/m1/s1. The van der Waals surface area contributed by atoms with Gasteiger partial charge in [-0.3, -0.25) is 9.59 Å². The molecule has 1 aromatic heterocycles. The van der Waals surface area contributed by atoms with Crippen LogP contribution in [0.15, 0.2) is 63.8 Å². The van der Waals surface area contributed by atoms with Crippen molar-refractivity contribution in [1.29, 1.82) is 0 Å². The second kappa shape index (κ2) is 9.07. The number of methoxy groups -OCH3 is 2. The maximum absolute atomic E-state index is 13.7. The van der Waals surface area contributed by atoms with E-state index in [4.69, 9.17) is 13.9 Å². The van der Waals surface area contributed by atoms with Crippen LogP contribution in [0.3, 0.4) is 0 Å². The van der Waals surface area contributed by atoms with E-state index < -0.39 is 6.04 Å². The summed E-state index contributed by atoms with van der Waals surface area (Å²) in [4.78, 5) is 29.0. The van der Waals surface area contributed by atoms with Crippen molar-refractivity contribution in [3.63, 3.8) is 0 Å². The van der Waals surface area contributed by atoms with E-state index >= 15 is 0 Å². The zero-order valence-electron chi connectivity index (χ0n) is 20.6. The molecule has 0 fully saturated rings. The van der Waals surface area contributed by atoms with E-state index in [1.54, 1.807) is 49.5 Å². The third-order valence-electron chi connectivity index (χ3n) is 6.86. The van der Waals surface area contributed by atoms with Gasteiger partial charge in [-0.2, -0.15) is 0 Å². The molecule has 0 unspecified atom stereocenters. The largest absolute Gasteiger partial charge is 0.508 e. The van der Waals surface area contributed by atoms with Gasteiger partial charge in [-0.15, -0.1) is 0 Å². The minimum absolute atomic E-state index is 0.0522. The van der Waals surface area contributed by atoms with Crippen molar-refractivity contribution >= 4 is 16.9 Å². The van der Waals surface area contributed by atoms with Crippen molar-refractivity contribution in [1.82, 2.24) is 4.90 Å². The number of aromatic hydroxyl groups is 1. The van der Waals surface area contributed by atoms with Crippen LogP contribution >= 0.6 is 0 Å². The van der Waals surface area contributed by atoms with Crippen LogP contribution in [0, 0.1) is 13.8 Å². The zero-order valence-corrected chi connectivity index (χ0v) is 20.6. The molecule has 1 aliphatic rings. The summed E-state index contributed by atoms with van der Waals surface area (Å²) in [6, 6.07) is 15.2. The molecule has 1 aliphatic heterocycles. The van der Waals surface area contributed by atoms with Gasteiger partial charge in [-0.25, -0.2) is 0 Å². The predicted molar refractivity (Wildman–Crippen MR) is 136 cm³/mol. The number of carbonyl (C=O) groups is 1. The van der Waals surface area contributed by atoms with E-state index in [1.165, 1.54) is 0 Å². The summed E-state index contributed by atoms with van der Waals surface area (Å²) >= 11 is 0. The van der Waals surface area contributed by atoms with Crippen molar-refractivity contribution in [2.75, 3.05) is 20.8 Å². The highest BCUT2D eigenvalue weighted by molar-refractivity contribution is 5.99. The van der Waals surface area contributed by atoms with Gasteiger partial charge < -0.3 is 23.9 Å². The number of hydrogen-bond acceptors (Lipinski definition) is 6. The molecule has 7 nitrogen and oxygen atoms in total. The molecule has 1 N–H and O–H groups in total. The first kappa shape index (κ1) is 23.5. The first-order valence-electron chi connectivity index (χ1n) is 11.7. The molecule has 2 heterocycles. The van der Waals surface area contributed by atoms with Gasteiger partial charge in [-0.05, 0) is 78.9 Å². The molecule has 1 atom stereocenters. The number of rotatable bonds is 6. The zero-order chi connectivity index (χ0) is 25.6. The predicted octanol–water partition coefficient (Wildman–Crippen LogP) is 4.92. The fourth-order valence-electron chi connectivity index (χ4n) is 4.83. The lowest BCUT2D eigenvalue weighted by Crippen LogP contribution is -2.31. The molecule has 184 valence electrons. The summed E-state index contributed by atoms with van der Waals surface area (Å²) in [6.07, 6.45) is 0.515. The molecule has 4 aromatic rings. The van der Waals surface area contributed by atoms with Crippen molar-refractivity contribution in [2.45, 2.75) is 26.3 Å². The number of aryl methyl sites for hydroxylation is 2. The average molecular weight is 486 g/mol. The van der Waals surface area contributed by atoms with Crippen LogP contribution in [-0.2, 0) is 6.42 Å². The van der Waals surface area contributed by atoms with Gasteiger partial charge >= 0.3 is 0 Å². The lowest BCUT2D eigenvalue weighted by atomic mass is 9.97. The molecule has 7 heteroatoms. The highest BCUT2D eigenvalue weighted by Crippen LogP contribution is 2.39. The Hall–Kier alpha value is -4.26. The van der Waals surface area contributed by atoms with Crippen molar-refractivity contribution in [2.24, 2.45) is 0 Å². The summed E-state index contributed by atoms with van der Waals surface area (Å²) < 4.78 is 16.8. The fraction of sp³-hybridized carbons (Fsp3) is 0.241. The summed E-state index contributed by atoms with van der Waals surface area (Å²) in [6.45, 7) is 4.20. The summed E-state index contributed by atoms with van der Waals surface area (Å²) in [5.41, 5.74) is 4.00. The fourth-order valence-corrected chi connectivity index (χ4v) is 4.83. The van der Waals surface area contributed by atoms with Crippen molar-refractivity contribution < 1.29 is 23.8 Å². The summed E-state index contributed by atoms with van der Waals surface area (Å²) in [5.74, 6) is 0.984. The van der Waals surface area contributed by atoms with E-state index in [0.717, 1.165) is 16.7 Å². The monoisotopic (exact) mass is 485 g/mol. The normalized spacial score (nSPS) is 14.8. The molecule has 0 saturated heterocycles. The van der Waals surface area contributed by atoms with Crippen LogP contribution < -0.4 is 14.9 Å². The van der Waals surface area contributed by atoms with Gasteiger partial charge in [0.05, 0.1) is 31.2 Å². The van der Waals surface area contributed by atoms with E-state index in [2.05, 4.69) is 0 Å². The van der Waals surface area contributed by atoms with E-state index in [1.807, 2.05) is 38.1 Å². The van der Waals surface area contributed by atoms with Gasteiger partial charge in [0.2, 0.25) is 5.76 Å². The molecule has 0 radical (unpaired) electrons. The Morgan fingerprint density at radius 2 is 1.69 bits per heavy atom. The minimum Gasteiger partial charge on any atom is -0.508 e.